The molecule has 2 aliphatic heterocycles. The molecule has 7 heteroatoms. The molecule has 0 saturated carbocycles. The number of carbonyl (C=O) groups is 2. The van der Waals surface area contributed by atoms with Gasteiger partial charge in [-0.3, -0.25) is 14.5 Å². The predicted molar refractivity (Wildman–Crippen MR) is 123 cm³/mol. The number of methoxy groups -OCH3 is 1. The van der Waals surface area contributed by atoms with Crippen LogP contribution in [0.3, 0.4) is 0 Å². The van der Waals surface area contributed by atoms with Crippen LogP contribution >= 0.6 is 0 Å². The minimum atomic E-state index is -0.0177. The summed E-state index contributed by atoms with van der Waals surface area (Å²) in [6.07, 6.45) is 3.01. The zero-order chi connectivity index (χ0) is 22.8. The number of ether oxygens (including phenoxy) is 1. The Morgan fingerprint density at radius 3 is 2.81 bits per heavy atom. The van der Waals surface area contributed by atoms with Gasteiger partial charge in [-0.15, -0.1) is 0 Å². The molecule has 3 heterocycles. The first kappa shape index (κ1) is 22.2. The number of piperidine rings is 1. The third-order valence-electron chi connectivity index (χ3n) is 6.42. The molecule has 0 unspecified atom stereocenters. The highest BCUT2D eigenvalue weighted by molar-refractivity contribution is 5.95. The van der Waals surface area contributed by atoms with Gasteiger partial charge in [0.1, 0.15) is 17.4 Å². The molecule has 1 saturated heterocycles. The van der Waals surface area contributed by atoms with Crippen LogP contribution in [0.15, 0.2) is 24.3 Å². The fraction of sp³-hybridized carbons (Fsp3) is 0.520. The number of anilines is 1. The second-order valence-corrected chi connectivity index (χ2v) is 9.08. The normalized spacial score (nSPS) is 18.7. The van der Waals surface area contributed by atoms with Gasteiger partial charge in [0.15, 0.2) is 0 Å². The number of fused-ring (bicyclic) bond motifs is 1. The van der Waals surface area contributed by atoms with E-state index in [1.54, 1.807) is 12.0 Å². The van der Waals surface area contributed by atoms with E-state index in [0.29, 0.717) is 25.9 Å². The van der Waals surface area contributed by atoms with Gasteiger partial charge in [-0.25, -0.2) is 9.97 Å². The second kappa shape index (κ2) is 9.27. The highest BCUT2D eigenvalue weighted by atomic mass is 16.5. The summed E-state index contributed by atoms with van der Waals surface area (Å²) in [7, 11) is 1.64. The first-order valence-corrected chi connectivity index (χ1v) is 11.5. The van der Waals surface area contributed by atoms with Crippen LogP contribution in [-0.2, 0) is 22.6 Å². The van der Waals surface area contributed by atoms with E-state index in [1.807, 2.05) is 49.9 Å². The fourth-order valence-electron chi connectivity index (χ4n) is 4.66. The Labute approximate surface area is 189 Å². The zero-order valence-electron chi connectivity index (χ0n) is 19.4. The van der Waals surface area contributed by atoms with E-state index in [4.69, 9.17) is 14.7 Å². The maximum absolute atomic E-state index is 12.9. The summed E-state index contributed by atoms with van der Waals surface area (Å²) in [5.74, 6) is 2.56. The van der Waals surface area contributed by atoms with Crippen molar-refractivity contribution < 1.29 is 14.3 Å². The molecule has 1 aromatic heterocycles. The van der Waals surface area contributed by atoms with Crippen molar-refractivity contribution in [2.45, 2.75) is 58.9 Å². The van der Waals surface area contributed by atoms with Gasteiger partial charge in [-0.1, -0.05) is 26.0 Å². The molecule has 2 aliphatic rings. The number of carbonyl (C=O) groups excluding carboxylic acids is 2. The maximum Gasteiger partial charge on any atom is 0.228 e. The van der Waals surface area contributed by atoms with Crippen molar-refractivity contribution in [2.75, 3.05) is 25.1 Å². The third kappa shape index (κ3) is 4.47. The monoisotopic (exact) mass is 436 g/mol. The largest absolute Gasteiger partial charge is 0.497 e. The molecule has 7 nitrogen and oxygen atoms in total. The van der Waals surface area contributed by atoms with Crippen LogP contribution in [0.5, 0.6) is 5.75 Å². The number of aryl methyl sites for hydroxylation is 1. The summed E-state index contributed by atoms with van der Waals surface area (Å²) in [5, 5.41) is 0. The van der Waals surface area contributed by atoms with Crippen molar-refractivity contribution in [3.05, 3.63) is 46.9 Å². The summed E-state index contributed by atoms with van der Waals surface area (Å²) in [5.41, 5.74) is 2.97. The van der Waals surface area contributed by atoms with Crippen molar-refractivity contribution in [2.24, 2.45) is 5.92 Å². The molecule has 0 bridgehead atoms. The molecule has 0 radical (unpaired) electrons. The highest BCUT2D eigenvalue weighted by Gasteiger charge is 2.32. The Balaban J connectivity index is 1.65. The van der Waals surface area contributed by atoms with Crippen molar-refractivity contribution in [1.82, 2.24) is 14.9 Å². The van der Waals surface area contributed by atoms with E-state index in [2.05, 4.69) is 0 Å². The van der Waals surface area contributed by atoms with Gasteiger partial charge < -0.3 is 9.64 Å². The molecule has 170 valence electrons. The Morgan fingerprint density at radius 2 is 2.06 bits per heavy atom. The second-order valence-electron chi connectivity index (χ2n) is 9.08. The number of nitrogens with zero attached hydrogens (tertiary/aromatic N) is 4. The number of amides is 2. The average molecular weight is 437 g/mol. The van der Waals surface area contributed by atoms with E-state index in [0.717, 1.165) is 53.6 Å². The molecule has 2 amide bonds. The average Bonchev–Trinajstić information content (AvgIpc) is 2.80. The van der Waals surface area contributed by atoms with Crippen LogP contribution in [-0.4, -0.2) is 46.9 Å². The predicted octanol–water partition coefficient (Wildman–Crippen LogP) is 3.64. The van der Waals surface area contributed by atoms with E-state index >= 15 is 0 Å². The first-order valence-electron chi connectivity index (χ1n) is 11.5. The van der Waals surface area contributed by atoms with E-state index < -0.39 is 0 Å². The van der Waals surface area contributed by atoms with Crippen molar-refractivity contribution in [3.63, 3.8) is 0 Å². The van der Waals surface area contributed by atoms with Crippen LogP contribution < -0.4 is 9.64 Å². The van der Waals surface area contributed by atoms with E-state index in [-0.39, 0.29) is 23.7 Å². The lowest BCUT2D eigenvalue weighted by atomic mass is 9.95. The van der Waals surface area contributed by atoms with Crippen LogP contribution in [0.1, 0.15) is 61.7 Å². The molecule has 2 aromatic rings. The lowest BCUT2D eigenvalue weighted by molar-refractivity contribution is -0.135. The van der Waals surface area contributed by atoms with Crippen molar-refractivity contribution >= 4 is 17.6 Å². The molecular weight excluding hydrogens is 404 g/mol. The number of likely N-dealkylation sites (tertiary alicyclic amines) is 1. The van der Waals surface area contributed by atoms with Crippen LogP contribution in [0, 0.1) is 12.8 Å². The molecule has 32 heavy (non-hydrogen) atoms. The van der Waals surface area contributed by atoms with Gasteiger partial charge in [0.05, 0.1) is 13.7 Å². The Hall–Kier alpha value is -2.96. The summed E-state index contributed by atoms with van der Waals surface area (Å²) in [6.45, 7) is 7.75. The summed E-state index contributed by atoms with van der Waals surface area (Å²) >= 11 is 0. The van der Waals surface area contributed by atoms with Gasteiger partial charge in [0.25, 0.3) is 0 Å². The summed E-state index contributed by atoms with van der Waals surface area (Å²) < 4.78 is 5.34. The minimum absolute atomic E-state index is 0.0177. The van der Waals surface area contributed by atoms with Gasteiger partial charge >= 0.3 is 0 Å². The van der Waals surface area contributed by atoms with Crippen molar-refractivity contribution in [3.8, 4) is 5.75 Å². The lowest BCUT2D eigenvalue weighted by Crippen LogP contribution is -2.42. The first-order chi connectivity index (χ1) is 15.4. The number of aromatic nitrogens is 2. The van der Waals surface area contributed by atoms with Crippen LogP contribution in [0.25, 0.3) is 0 Å². The van der Waals surface area contributed by atoms with Gasteiger partial charge in [-0.05, 0) is 43.9 Å². The molecule has 0 aliphatic carbocycles. The smallest absolute Gasteiger partial charge is 0.228 e. The van der Waals surface area contributed by atoms with Gasteiger partial charge in [-0.2, -0.15) is 0 Å². The fourth-order valence-corrected chi connectivity index (χ4v) is 4.66. The highest BCUT2D eigenvalue weighted by Crippen LogP contribution is 2.33. The lowest BCUT2D eigenvalue weighted by Gasteiger charge is -2.34. The number of rotatable bonds is 5. The number of benzene rings is 1. The Kier molecular flexibility index (Phi) is 6.44. The van der Waals surface area contributed by atoms with E-state index in [1.165, 1.54) is 0 Å². The molecule has 1 atom stereocenters. The van der Waals surface area contributed by atoms with Crippen molar-refractivity contribution in [1.29, 1.82) is 0 Å². The molecular formula is C25H32N4O3. The third-order valence-corrected chi connectivity index (χ3v) is 6.42. The molecule has 0 N–H and O–H groups in total. The molecule has 0 spiro atoms. The molecule has 1 fully saturated rings. The van der Waals surface area contributed by atoms with Crippen LogP contribution in [0.4, 0.5) is 5.82 Å². The maximum atomic E-state index is 12.9. The van der Waals surface area contributed by atoms with Gasteiger partial charge in [0, 0.05) is 42.6 Å². The molecule has 1 aromatic carbocycles. The van der Waals surface area contributed by atoms with Crippen LogP contribution in [0.2, 0.25) is 0 Å². The topological polar surface area (TPSA) is 75.6 Å². The van der Waals surface area contributed by atoms with E-state index in [9.17, 15) is 9.59 Å². The number of hydrogen-bond acceptors (Lipinski definition) is 5. The summed E-state index contributed by atoms with van der Waals surface area (Å²) in [4.78, 5) is 39.0. The zero-order valence-corrected chi connectivity index (χ0v) is 19.4. The standard InChI is InChI=1S/C25H32N4O3/c1-16(2)25(31)28-12-6-8-19(15-28)23-26-17(3)21-10-11-22(30)29(24(21)27-23)14-18-7-5-9-20(13-18)32-4/h5,7,9,13,16,19H,6,8,10-12,14-15H2,1-4H3/t19-/m1/s1. The Bertz CT molecular complexity index is 1020. The Morgan fingerprint density at radius 1 is 1.25 bits per heavy atom. The minimum Gasteiger partial charge on any atom is -0.497 e. The molecule has 4 rings (SSSR count). The quantitative estimate of drug-likeness (QED) is 0.715. The summed E-state index contributed by atoms with van der Waals surface area (Å²) in [6, 6.07) is 7.78. The SMILES string of the molecule is COc1cccc(CN2C(=O)CCc3c(C)nc([C@@H]4CCCN(C(=O)C(C)C)C4)nc32)c1. The van der Waals surface area contributed by atoms with Gasteiger partial charge in [0.2, 0.25) is 11.8 Å². The number of hydrogen-bond donors (Lipinski definition) is 0.